The van der Waals surface area contributed by atoms with Crippen molar-refractivity contribution in [3.8, 4) is 0 Å². The molecule has 2 atom stereocenters. The Balaban J connectivity index is 1.89. The van der Waals surface area contributed by atoms with Crippen LogP contribution < -0.4 is 5.73 Å². The van der Waals surface area contributed by atoms with Crippen LogP contribution in [0.2, 0.25) is 0 Å². The number of benzene rings is 1. The average molecular weight is 417 g/mol. The van der Waals surface area contributed by atoms with Gasteiger partial charge in [-0.05, 0) is 54.8 Å². The molecule has 25 heavy (non-hydrogen) atoms. The molecule has 1 saturated carbocycles. The summed E-state index contributed by atoms with van der Waals surface area (Å²) >= 11 is 3.16. The number of carbonyl (C=O) groups is 1. The van der Waals surface area contributed by atoms with Crippen LogP contribution in [0.5, 0.6) is 0 Å². The number of fused-ring (bicyclic) bond motifs is 2. The highest BCUT2D eigenvalue weighted by Crippen LogP contribution is 2.49. The second kappa shape index (κ2) is 6.20. The minimum absolute atomic E-state index is 0.147. The van der Waals surface area contributed by atoms with E-state index in [9.17, 15) is 13.6 Å². The molecular formula is C18H23BrF2N2O2. The number of amides is 1. The van der Waals surface area contributed by atoms with Gasteiger partial charge in [-0.2, -0.15) is 0 Å². The molecule has 0 radical (unpaired) electrons. The van der Waals surface area contributed by atoms with Crippen LogP contribution in [0.1, 0.15) is 39.2 Å². The van der Waals surface area contributed by atoms with Gasteiger partial charge in [0.15, 0.2) is 0 Å². The molecule has 4 nitrogen and oxygen atoms in total. The van der Waals surface area contributed by atoms with Crippen LogP contribution in [0.15, 0.2) is 22.7 Å². The molecule has 4 rings (SSSR count). The van der Waals surface area contributed by atoms with Gasteiger partial charge in [0.25, 0.3) is 0 Å². The highest BCUT2D eigenvalue weighted by molar-refractivity contribution is 9.10. The van der Waals surface area contributed by atoms with E-state index in [1.165, 1.54) is 4.90 Å². The first-order chi connectivity index (χ1) is 11.5. The summed E-state index contributed by atoms with van der Waals surface area (Å²) in [7, 11) is 0. The summed E-state index contributed by atoms with van der Waals surface area (Å²) < 4.78 is 35.0. The third-order valence-corrected chi connectivity index (χ3v) is 5.59. The zero-order valence-electron chi connectivity index (χ0n) is 14.6. The number of halogens is 3. The van der Waals surface area contributed by atoms with Gasteiger partial charge in [0.2, 0.25) is 0 Å². The van der Waals surface area contributed by atoms with E-state index >= 15 is 0 Å². The van der Waals surface area contributed by atoms with E-state index in [1.807, 2.05) is 0 Å². The maximum atomic E-state index is 14.8. The topological polar surface area (TPSA) is 55.6 Å². The summed E-state index contributed by atoms with van der Waals surface area (Å²) in [4.78, 5) is 14.2. The zero-order chi connectivity index (χ0) is 18.6. The minimum atomic E-state index is -1.49. The lowest BCUT2D eigenvalue weighted by Gasteiger charge is -2.59. The Morgan fingerprint density at radius 1 is 1.44 bits per heavy atom. The summed E-state index contributed by atoms with van der Waals surface area (Å²) in [5.41, 5.74) is 4.40. The van der Waals surface area contributed by atoms with Crippen molar-refractivity contribution in [3.05, 3.63) is 34.1 Å². The second-order valence-electron chi connectivity index (χ2n) is 7.99. The number of nitrogens with two attached hydrogens (primary N) is 1. The first kappa shape index (κ1) is 18.6. The van der Waals surface area contributed by atoms with Gasteiger partial charge in [-0.3, -0.25) is 4.90 Å². The normalized spacial score (nSPS) is 31.5. The van der Waals surface area contributed by atoms with Gasteiger partial charge in [0, 0.05) is 18.9 Å². The maximum Gasteiger partial charge on any atom is 0.410 e. The molecule has 0 spiro atoms. The fourth-order valence-electron chi connectivity index (χ4n) is 3.74. The first-order valence-electron chi connectivity index (χ1n) is 8.40. The number of piperidine rings is 2. The molecule has 2 unspecified atom stereocenters. The van der Waals surface area contributed by atoms with E-state index in [2.05, 4.69) is 15.9 Å². The predicted molar refractivity (Wildman–Crippen MR) is 94.5 cm³/mol. The van der Waals surface area contributed by atoms with Crippen molar-refractivity contribution >= 4 is 22.0 Å². The molecule has 3 aliphatic rings. The maximum absolute atomic E-state index is 14.8. The molecule has 0 aromatic heterocycles. The second-order valence-corrected chi connectivity index (χ2v) is 8.85. The van der Waals surface area contributed by atoms with Crippen molar-refractivity contribution in [3.63, 3.8) is 0 Å². The van der Waals surface area contributed by atoms with Crippen LogP contribution in [0.25, 0.3) is 0 Å². The van der Waals surface area contributed by atoms with Crippen LogP contribution in [0.3, 0.4) is 0 Å². The number of ether oxygens (including phenoxy) is 1. The monoisotopic (exact) mass is 416 g/mol. The number of hydrogen-bond donors (Lipinski definition) is 1. The average Bonchev–Trinajstić information content (AvgIpc) is 2.45. The summed E-state index contributed by atoms with van der Waals surface area (Å²) in [5, 5.41) is 0. The highest BCUT2D eigenvalue weighted by atomic mass is 79.9. The third-order valence-electron chi connectivity index (χ3n) is 4.98. The Bertz CT molecular complexity index is 686. The minimum Gasteiger partial charge on any atom is -0.444 e. The SMILES string of the molecule is CC(C)(C)OC(=O)N1C2CC(F)(C2)C(N)C1Cc1cccc(Br)c1F. The Hall–Kier alpha value is -1.21. The van der Waals surface area contributed by atoms with Gasteiger partial charge in [-0.25, -0.2) is 13.6 Å². The largest absolute Gasteiger partial charge is 0.444 e. The molecule has 1 aliphatic carbocycles. The van der Waals surface area contributed by atoms with E-state index in [0.29, 0.717) is 10.0 Å². The van der Waals surface area contributed by atoms with Gasteiger partial charge in [0.1, 0.15) is 17.1 Å². The van der Waals surface area contributed by atoms with Gasteiger partial charge in [-0.1, -0.05) is 12.1 Å². The zero-order valence-corrected chi connectivity index (χ0v) is 16.1. The predicted octanol–water partition coefficient (Wildman–Crippen LogP) is 3.95. The standard InChI is InChI=1S/C18H23BrF2N2O2/c1-17(2,3)25-16(24)23-11-8-18(21,9-11)15(22)13(23)7-10-5-4-6-12(19)14(10)20/h4-6,11,13,15H,7-9,22H2,1-3H3. The summed E-state index contributed by atoms with van der Waals surface area (Å²) in [6, 6.07) is 3.17. The molecule has 2 bridgehead atoms. The number of hydrogen-bond acceptors (Lipinski definition) is 3. The van der Waals surface area contributed by atoms with Crippen LogP contribution >= 0.6 is 15.9 Å². The fourth-order valence-corrected chi connectivity index (χ4v) is 4.14. The van der Waals surface area contributed by atoms with E-state index in [1.54, 1.807) is 39.0 Å². The lowest BCUT2D eigenvalue weighted by Crippen LogP contribution is -2.76. The van der Waals surface area contributed by atoms with Crippen molar-refractivity contribution in [1.29, 1.82) is 0 Å². The van der Waals surface area contributed by atoms with Crippen LogP contribution in [-0.2, 0) is 11.2 Å². The van der Waals surface area contributed by atoms with E-state index in [-0.39, 0.29) is 25.3 Å². The molecule has 2 saturated heterocycles. The molecule has 1 aromatic rings. The Kier molecular flexibility index (Phi) is 4.60. The Morgan fingerprint density at radius 3 is 2.68 bits per heavy atom. The van der Waals surface area contributed by atoms with Gasteiger partial charge in [-0.15, -0.1) is 0 Å². The van der Waals surface area contributed by atoms with Crippen molar-refractivity contribution in [2.75, 3.05) is 0 Å². The van der Waals surface area contributed by atoms with Crippen molar-refractivity contribution < 1.29 is 18.3 Å². The van der Waals surface area contributed by atoms with Crippen LogP contribution in [0.4, 0.5) is 13.6 Å². The number of nitrogens with zero attached hydrogens (tertiary/aromatic N) is 1. The summed E-state index contributed by atoms with van der Waals surface area (Å²) in [6.45, 7) is 5.33. The smallest absolute Gasteiger partial charge is 0.410 e. The van der Waals surface area contributed by atoms with E-state index < -0.39 is 35.3 Å². The lowest BCUT2D eigenvalue weighted by molar-refractivity contribution is -0.127. The fraction of sp³-hybridized carbons (Fsp3) is 0.611. The van der Waals surface area contributed by atoms with Gasteiger partial charge < -0.3 is 10.5 Å². The quantitative estimate of drug-likeness (QED) is 0.793. The molecule has 3 fully saturated rings. The van der Waals surface area contributed by atoms with Gasteiger partial charge in [0.05, 0.1) is 16.6 Å². The first-order valence-corrected chi connectivity index (χ1v) is 9.20. The van der Waals surface area contributed by atoms with Crippen molar-refractivity contribution in [1.82, 2.24) is 4.90 Å². The third kappa shape index (κ3) is 3.40. The van der Waals surface area contributed by atoms with Crippen molar-refractivity contribution in [2.45, 2.75) is 69.4 Å². The van der Waals surface area contributed by atoms with Crippen molar-refractivity contribution in [2.24, 2.45) is 5.73 Å². The summed E-state index contributed by atoms with van der Waals surface area (Å²) in [5.74, 6) is -0.411. The Labute approximate surface area is 154 Å². The number of alkyl halides is 1. The Morgan fingerprint density at radius 2 is 2.08 bits per heavy atom. The molecule has 7 heteroatoms. The number of rotatable bonds is 2. The molecule has 2 N–H and O–H groups in total. The molecule has 2 heterocycles. The van der Waals surface area contributed by atoms with Crippen LogP contribution in [-0.4, -0.2) is 40.4 Å². The lowest BCUT2D eigenvalue weighted by atomic mass is 9.64. The highest BCUT2D eigenvalue weighted by Gasteiger charge is 2.62. The van der Waals surface area contributed by atoms with Crippen LogP contribution in [0, 0.1) is 5.82 Å². The van der Waals surface area contributed by atoms with E-state index in [0.717, 1.165) is 0 Å². The van der Waals surface area contributed by atoms with E-state index in [4.69, 9.17) is 10.5 Å². The molecule has 138 valence electrons. The number of carbonyl (C=O) groups excluding carboxylic acids is 1. The summed E-state index contributed by atoms with van der Waals surface area (Å²) in [6.07, 6.45) is 0.0546. The molecular weight excluding hydrogens is 394 g/mol. The molecule has 1 amide bonds. The van der Waals surface area contributed by atoms with Gasteiger partial charge >= 0.3 is 6.09 Å². The molecule has 1 aromatic carbocycles. The molecule has 2 aliphatic heterocycles.